The molecule has 0 bridgehead atoms. The fraction of sp³-hybridized carbons (Fsp3) is 0.250. The summed E-state index contributed by atoms with van der Waals surface area (Å²) in [5.41, 5.74) is 0.740. The average Bonchev–Trinajstić information content (AvgIpc) is 2.55. The first-order chi connectivity index (χ1) is 10.2. The average molecular weight is 347 g/mol. The number of nitrogens with zero attached hydrogens (tertiary/aromatic N) is 2. The van der Waals surface area contributed by atoms with Crippen LogP contribution in [0.4, 0.5) is 5.82 Å². The molecule has 1 N–H and O–H groups in total. The molecule has 2 heterocycles. The minimum absolute atomic E-state index is 0.105. The third-order valence-corrected chi connectivity index (χ3v) is 4.17. The molecular formula is C16H17BrN3O+. The molecule has 4 nitrogen and oxygen atoms in total. The summed E-state index contributed by atoms with van der Waals surface area (Å²) >= 11 is 3.41. The van der Waals surface area contributed by atoms with Gasteiger partial charge < -0.3 is 4.90 Å². The predicted octanol–water partition coefficient (Wildman–Crippen LogP) is 2.23. The molecule has 5 heteroatoms. The minimum atomic E-state index is 0.105. The van der Waals surface area contributed by atoms with Crippen molar-refractivity contribution in [2.75, 3.05) is 31.1 Å². The van der Waals surface area contributed by atoms with Crippen molar-refractivity contribution < 1.29 is 9.78 Å². The van der Waals surface area contributed by atoms with Gasteiger partial charge in [0.05, 0.1) is 19.3 Å². The number of nitrogens with one attached hydrogen (secondary N) is 1. The van der Waals surface area contributed by atoms with E-state index in [2.05, 4.69) is 31.9 Å². The monoisotopic (exact) mass is 346 g/mol. The van der Waals surface area contributed by atoms with Crippen LogP contribution < -0.4 is 9.88 Å². The van der Waals surface area contributed by atoms with E-state index in [1.165, 1.54) is 0 Å². The zero-order valence-electron chi connectivity index (χ0n) is 11.6. The summed E-state index contributed by atoms with van der Waals surface area (Å²) in [6.07, 6.45) is 1.92. The van der Waals surface area contributed by atoms with Crippen molar-refractivity contribution in [3.8, 4) is 0 Å². The quantitative estimate of drug-likeness (QED) is 0.836. The van der Waals surface area contributed by atoms with Crippen molar-refractivity contribution in [1.82, 2.24) is 4.90 Å². The first-order valence-electron chi connectivity index (χ1n) is 7.00. The number of rotatable bonds is 2. The Hall–Kier alpha value is -1.88. The third kappa shape index (κ3) is 3.24. The second kappa shape index (κ2) is 6.26. The Labute approximate surface area is 132 Å². The maximum atomic E-state index is 12.5. The number of hydrogen-bond donors (Lipinski definition) is 0. The number of carbonyl (C=O) groups is 1. The highest BCUT2D eigenvalue weighted by Crippen LogP contribution is 2.16. The van der Waals surface area contributed by atoms with Gasteiger partial charge in [0.15, 0.2) is 0 Å². The van der Waals surface area contributed by atoms with E-state index in [1.54, 1.807) is 0 Å². The van der Waals surface area contributed by atoms with Crippen molar-refractivity contribution in [3.05, 3.63) is 58.7 Å². The van der Waals surface area contributed by atoms with E-state index in [4.69, 9.17) is 0 Å². The largest absolute Gasteiger partial charge is 0.331 e. The molecular weight excluding hydrogens is 330 g/mol. The Balaban J connectivity index is 1.64. The van der Waals surface area contributed by atoms with E-state index in [1.807, 2.05) is 47.5 Å². The molecule has 0 saturated carbocycles. The highest BCUT2D eigenvalue weighted by Gasteiger charge is 2.26. The van der Waals surface area contributed by atoms with Crippen molar-refractivity contribution >= 4 is 27.7 Å². The van der Waals surface area contributed by atoms with Gasteiger partial charge in [-0.25, -0.2) is 4.98 Å². The molecule has 1 amide bonds. The van der Waals surface area contributed by atoms with Gasteiger partial charge in [0.2, 0.25) is 0 Å². The van der Waals surface area contributed by atoms with Crippen molar-refractivity contribution in [3.63, 3.8) is 0 Å². The molecule has 0 unspecified atom stereocenters. The zero-order chi connectivity index (χ0) is 14.7. The summed E-state index contributed by atoms with van der Waals surface area (Å²) in [7, 11) is 0. The second-order valence-electron chi connectivity index (χ2n) is 5.04. The smallest absolute Gasteiger partial charge is 0.274 e. The van der Waals surface area contributed by atoms with E-state index in [9.17, 15) is 4.79 Å². The van der Waals surface area contributed by atoms with Gasteiger partial charge in [-0.05, 0) is 24.3 Å². The normalized spacial score (nSPS) is 15.1. The lowest BCUT2D eigenvalue weighted by Gasteiger charge is -2.31. The summed E-state index contributed by atoms with van der Waals surface area (Å²) < 4.78 is 0.936. The van der Waals surface area contributed by atoms with Crippen LogP contribution in [0, 0.1) is 0 Å². The number of pyridine rings is 1. The van der Waals surface area contributed by atoms with Crippen molar-refractivity contribution in [1.29, 1.82) is 0 Å². The highest BCUT2D eigenvalue weighted by molar-refractivity contribution is 9.10. The Bertz CT molecular complexity index is 624. The molecule has 1 fully saturated rings. The van der Waals surface area contributed by atoms with Crippen LogP contribution >= 0.6 is 15.9 Å². The van der Waals surface area contributed by atoms with Gasteiger partial charge in [0, 0.05) is 16.1 Å². The molecule has 0 atom stereocenters. The van der Waals surface area contributed by atoms with Crippen molar-refractivity contribution in [2.45, 2.75) is 0 Å². The molecule has 2 aromatic rings. The fourth-order valence-corrected chi connectivity index (χ4v) is 2.93. The molecule has 3 rings (SSSR count). The molecule has 108 valence electrons. The predicted molar refractivity (Wildman–Crippen MR) is 85.3 cm³/mol. The van der Waals surface area contributed by atoms with Crippen LogP contribution in [0.3, 0.4) is 0 Å². The Morgan fingerprint density at radius 2 is 1.86 bits per heavy atom. The van der Waals surface area contributed by atoms with Gasteiger partial charge in [-0.3, -0.25) is 9.69 Å². The summed E-state index contributed by atoms with van der Waals surface area (Å²) in [5, 5.41) is 0. The van der Waals surface area contributed by atoms with E-state index < -0.39 is 0 Å². The summed E-state index contributed by atoms with van der Waals surface area (Å²) in [5.74, 6) is 1.21. The van der Waals surface area contributed by atoms with Crippen LogP contribution in [0.25, 0.3) is 0 Å². The Kier molecular flexibility index (Phi) is 4.20. The van der Waals surface area contributed by atoms with Gasteiger partial charge in [-0.1, -0.05) is 28.1 Å². The van der Waals surface area contributed by atoms with Crippen LogP contribution in [0.1, 0.15) is 10.4 Å². The molecule has 0 radical (unpaired) electrons. The van der Waals surface area contributed by atoms with E-state index in [0.29, 0.717) is 0 Å². The number of benzene rings is 1. The number of aromatic amines is 1. The minimum Gasteiger partial charge on any atom is -0.331 e. The topological polar surface area (TPSA) is 37.7 Å². The first kappa shape index (κ1) is 14.1. The molecule has 1 aromatic heterocycles. The number of piperazine rings is 1. The lowest BCUT2D eigenvalue weighted by Crippen LogP contribution is -2.50. The summed E-state index contributed by atoms with van der Waals surface area (Å²) in [4.78, 5) is 19.9. The highest BCUT2D eigenvalue weighted by atomic mass is 79.9. The summed E-state index contributed by atoms with van der Waals surface area (Å²) in [6, 6.07) is 13.6. The molecule has 0 aliphatic carbocycles. The zero-order valence-corrected chi connectivity index (χ0v) is 13.2. The van der Waals surface area contributed by atoms with Crippen LogP contribution in [0.15, 0.2) is 53.1 Å². The number of aromatic nitrogens is 1. The van der Waals surface area contributed by atoms with Crippen LogP contribution in [-0.2, 0) is 0 Å². The SMILES string of the molecule is O=C(c1cccc(Br)c1)N1CCN(c2cccc[nH+]2)CC1. The molecule has 1 aromatic carbocycles. The molecule has 1 saturated heterocycles. The number of hydrogen-bond acceptors (Lipinski definition) is 2. The van der Waals surface area contributed by atoms with Crippen LogP contribution in [-0.4, -0.2) is 37.0 Å². The third-order valence-electron chi connectivity index (χ3n) is 3.67. The Morgan fingerprint density at radius 3 is 2.52 bits per heavy atom. The van der Waals surface area contributed by atoms with E-state index in [0.717, 1.165) is 42.0 Å². The number of carbonyl (C=O) groups excluding carboxylic acids is 1. The number of H-pyrrole nitrogens is 1. The number of halogens is 1. The van der Waals surface area contributed by atoms with Gasteiger partial charge >= 0.3 is 0 Å². The van der Waals surface area contributed by atoms with Gasteiger partial charge in [0.25, 0.3) is 11.7 Å². The van der Waals surface area contributed by atoms with Crippen LogP contribution in [0.5, 0.6) is 0 Å². The number of anilines is 1. The molecule has 1 aliphatic heterocycles. The lowest BCUT2D eigenvalue weighted by atomic mass is 10.2. The van der Waals surface area contributed by atoms with E-state index >= 15 is 0 Å². The first-order valence-corrected chi connectivity index (χ1v) is 7.80. The van der Waals surface area contributed by atoms with Gasteiger partial charge in [-0.2, -0.15) is 0 Å². The Morgan fingerprint density at radius 1 is 1.05 bits per heavy atom. The summed E-state index contributed by atoms with van der Waals surface area (Å²) in [6.45, 7) is 3.18. The fourth-order valence-electron chi connectivity index (χ4n) is 2.54. The second-order valence-corrected chi connectivity index (χ2v) is 5.95. The van der Waals surface area contributed by atoms with Crippen LogP contribution in [0.2, 0.25) is 0 Å². The maximum Gasteiger partial charge on any atom is 0.274 e. The van der Waals surface area contributed by atoms with Gasteiger partial charge in [0.1, 0.15) is 13.1 Å². The molecule has 0 spiro atoms. The maximum absolute atomic E-state index is 12.5. The standard InChI is InChI=1S/C16H16BrN3O/c17-14-5-3-4-13(12-14)16(21)20-10-8-19(9-11-20)15-6-1-2-7-18-15/h1-7,12H,8-11H2/p+1. The van der Waals surface area contributed by atoms with Crippen molar-refractivity contribution in [2.24, 2.45) is 0 Å². The van der Waals surface area contributed by atoms with E-state index in [-0.39, 0.29) is 5.91 Å². The van der Waals surface area contributed by atoms with Gasteiger partial charge in [-0.15, -0.1) is 0 Å². The number of amides is 1. The lowest BCUT2D eigenvalue weighted by molar-refractivity contribution is -0.364. The molecule has 21 heavy (non-hydrogen) atoms. The molecule has 1 aliphatic rings.